The third kappa shape index (κ3) is 3.32. The van der Waals surface area contributed by atoms with Crippen molar-refractivity contribution in [3.05, 3.63) is 53.6 Å². The molecule has 21 heavy (non-hydrogen) atoms. The minimum absolute atomic E-state index is 0.693. The number of ether oxygens (including phenoxy) is 2. The van der Waals surface area contributed by atoms with Crippen LogP contribution in [0.25, 0.3) is 0 Å². The molecule has 0 fully saturated rings. The summed E-state index contributed by atoms with van der Waals surface area (Å²) in [5.41, 5.74) is 1.79. The van der Waals surface area contributed by atoms with Gasteiger partial charge in [-0.1, -0.05) is 18.2 Å². The Kier molecular flexibility index (Phi) is 4.32. The molecule has 0 saturated heterocycles. The molecule has 106 valence electrons. The van der Waals surface area contributed by atoms with Crippen LogP contribution in [0.5, 0.6) is 11.5 Å². The summed E-state index contributed by atoms with van der Waals surface area (Å²) in [6, 6.07) is 15.9. The topological polar surface area (TPSA) is 42.2 Å². The molecular weight excluding hydrogens is 282 g/mol. The first kappa shape index (κ1) is 13.8. The Hall–Kier alpha value is -2.12. The van der Waals surface area contributed by atoms with Gasteiger partial charge in [0.2, 0.25) is 0 Å². The number of thioether (sulfide) groups is 1. The fraction of sp³-hybridized carbons (Fsp3) is 0.235. The van der Waals surface area contributed by atoms with Gasteiger partial charge in [-0.15, -0.1) is 11.8 Å². The Balaban J connectivity index is 1.74. The molecule has 0 radical (unpaired) electrons. The number of hydrogen-bond donors (Lipinski definition) is 0. The standard InChI is InChI=1S/C17H15NO2S/c18-11-13-4-1-2-5-14(13)12-21-15-6-7-16-17(10-15)20-9-3-8-19-16/h1-2,4-7,10H,3,8-9,12H2. The molecule has 0 aromatic heterocycles. The van der Waals surface area contributed by atoms with Crippen molar-refractivity contribution < 1.29 is 9.47 Å². The van der Waals surface area contributed by atoms with E-state index >= 15 is 0 Å². The van der Waals surface area contributed by atoms with Crippen molar-refractivity contribution in [1.82, 2.24) is 0 Å². The van der Waals surface area contributed by atoms with Crippen molar-refractivity contribution in [2.24, 2.45) is 0 Å². The van der Waals surface area contributed by atoms with Crippen LogP contribution < -0.4 is 9.47 Å². The van der Waals surface area contributed by atoms with E-state index < -0.39 is 0 Å². The van der Waals surface area contributed by atoms with Crippen molar-refractivity contribution in [2.75, 3.05) is 13.2 Å². The molecule has 4 heteroatoms. The lowest BCUT2D eigenvalue weighted by atomic mass is 10.1. The molecule has 1 aliphatic heterocycles. The minimum Gasteiger partial charge on any atom is -0.490 e. The highest BCUT2D eigenvalue weighted by Gasteiger charge is 2.11. The highest BCUT2D eigenvalue weighted by Crippen LogP contribution is 2.35. The Bertz CT molecular complexity index is 679. The molecule has 0 amide bonds. The summed E-state index contributed by atoms with van der Waals surface area (Å²) in [5, 5.41) is 9.11. The Morgan fingerprint density at radius 2 is 1.86 bits per heavy atom. The van der Waals surface area contributed by atoms with Crippen LogP contribution in [0.2, 0.25) is 0 Å². The number of hydrogen-bond acceptors (Lipinski definition) is 4. The van der Waals surface area contributed by atoms with Gasteiger partial charge in [0.1, 0.15) is 0 Å². The first-order valence-corrected chi connectivity index (χ1v) is 7.86. The van der Waals surface area contributed by atoms with E-state index in [-0.39, 0.29) is 0 Å². The molecule has 3 nitrogen and oxygen atoms in total. The maximum atomic E-state index is 9.11. The van der Waals surface area contributed by atoms with Gasteiger partial charge in [-0.25, -0.2) is 0 Å². The highest BCUT2D eigenvalue weighted by molar-refractivity contribution is 7.98. The summed E-state index contributed by atoms with van der Waals surface area (Å²) in [6.45, 7) is 1.40. The van der Waals surface area contributed by atoms with E-state index in [0.717, 1.165) is 39.7 Å². The summed E-state index contributed by atoms with van der Waals surface area (Å²) >= 11 is 1.70. The van der Waals surface area contributed by atoms with Crippen LogP contribution >= 0.6 is 11.8 Å². The lowest BCUT2D eigenvalue weighted by Crippen LogP contribution is -1.97. The fourth-order valence-electron chi connectivity index (χ4n) is 2.15. The van der Waals surface area contributed by atoms with Crippen LogP contribution in [0.1, 0.15) is 17.5 Å². The fourth-order valence-corrected chi connectivity index (χ4v) is 3.08. The van der Waals surface area contributed by atoms with Gasteiger partial charge in [0, 0.05) is 17.1 Å². The first-order valence-electron chi connectivity index (χ1n) is 6.87. The van der Waals surface area contributed by atoms with Crippen molar-refractivity contribution in [2.45, 2.75) is 17.1 Å². The number of rotatable bonds is 3. The van der Waals surface area contributed by atoms with Gasteiger partial charge >= 0.3 is 0 Å². The van der Waals surface area contributed by atoms with E-state index in [4.69, 9.17) is 14.7 Å². The third-order valence-electron chi connectivity index (χ3n) is 3.25. The molecule has 0 N–H and O–H groups in total. The van der Waals surface area contributed by atoms with Crippen molar-refractivity contribution >= 4 is 11.8 Å². The average molecular weight is 297 g/mol. The van der Waals surface area contributed by atoms with Crippen LogP contribution in [0.15, 0.2) is 47.4 Å². The highest BCUT2D eigenvalue weighted by atomic mass is 32.2. The van der Waals surface area contributed by atoms with E-state index in [9.17, 15) is 0 Å². The maximum absolute atomic E-state index is 9.11. The van der Waals surface area contributed by atoms with Crippen LogP contribution in [-0.4, -0.2) is 13.2 Å². The lowest BCUT2D eigenvalue weighted by molar-refractivity contribution is 0.297. The Labute approximate surface area is 128 Å². The summed E-state index contributed by atoms with van der Waals surface area (Å²) in [6.07, 6.45) is 0.909. The predicted molar refractivity (Wildman–Crippen MR) is 82.8 cm³/mol. The molecule has 2 aromatic rings. The first-order chi connectivity index (χ1) is 10.4. The van der Waals surface area contributed by atoms with E-state index in [1.807, 2.05) is 42.5 Å². The molecule has 1 heterocycles. The monoisotopic (exact) mass is 297 g/mol. The van der Waals surface area contributed by atoms with E-state index in [1.54, 1.807) is 11.8 Å². The number of nitrogens with zero attached hydrogens (tertiary/aromatic N) is 1. The molecule has 0 spiro atoms. The van der Waals surface area contributed by atoms with Gasteiger partial charge in [-0.2, -0.15) is 5.26 Å². The zero-order valence-electron chi connectivity index (χ0n) is 11.5. The smallest absolute Gasteiger partial charge is 0.162 e. The van der Waals surface area contributed by atoms with E-state index in [2.05, 4.69) is 6.07 Å². The summed E-state index contributed by atoms with van der Waals surface area (Å²) in [5.74, 6) is 2.39. The predicted octanol–water partition coefficient (Wildman–Crippen LogP) is 4.01. The molecular formula is C17H15NO2S. The van der Waals surface area contributed by atoms with Gasteiger partial charge < -0.3 is 9.47 Å². The Morgan fingerprint density at radius 1 is 1.05 bits per heavy atom. The largest absolute Gasteiger partial charge is 0.490 e. The Morgan fingerprint density at radius 3 is 2.71 bits per heavy atom. The van der Waals surface area contributed by atoms with Gasteiger partial charge in [0.25, 0.3) is 0 Å². The zero-order chi connectivity index (χ0) is 14.5. The van der Waals surface area contributed by atoms with Gasteiger partial charge in [-0.3, -0.25) is 0 Å². The van der Waals surface area contributed by atoms with Gasteiger partial charge in [-0.05, 0) is 29.8 Å². The van der Waals surface area contributed by atoms with E-state index in [1.165, 1.54) is 0 Å². The van der Waals surface area contributed by atoms with Gasteiger partial charge in [0.15, 0.2) is 11.5 Å². The SMILES string of the molecule is N#Cc1ccccc1CSc1ccc2c(c1)OCCCO2. The van der Waals surface area contributed by atoms with Crippen LogP contribution in [0, 0.1) is 11.3 Å². The molecule has 0 bridgehead atoms. The summed E-state index contributed by atoms with van der Waals surface area (Å²) < 4.78 is 11.3. The normalized spacial score (nSPS) is 13.3. The molecule has 2 aromatic carbocycles. The summed E-state index contributed by atoms with van der Waals surface area (Å²) in [7, 11) is 0. The van der Waals surface area contributed by atoms with Crippen molar-refractivity contribution in [1.29, 1.82) is 5.26 Å². The second kappa shape index (κ2) is 6.55. The molecule has 0 aliphatic carbocycles. The quantitative estimate of drug-likeness (QED) is 0.803. The minimum atomic E-state index is 0.693. The second-order valence-corrected chi connectivity index (χ2v) is 5.77. The van der Waals surface area contributed by atoms with Crippen molar-refractivity contribution in [3.63, 3.8) is 0 Å². The maximum Gasteiger partial charge on any atom is 0.162 e. The number of benzene rings is 2. The molecule has 1 aliphatic rings. The average Bonchev–Trinajstić information content (AvgIpc) is 2.78. The lowest BCUT2D eigenvalue weighted by Gasteiger charge is -2.09. The van der Waals surface area contributed by atoms with E-state index in [0.29, 0.717) is 13.2 Å². The third-order valence-corrected chi connectivity index (χ3v) is 4.29. The number of fused-ring (bicyclic) bond motifs is 1. The van der Waals surface area contributed by atoms with Crippen LogP contribution in [-0.2, 0) is 5.75 Å². The van der Waals surface area contributed by atoms with Crippen molar-refractivity contribution in [3.8, 4) is 17.6 Å². The molecule has 0 saturated carbocycles. The molecule has 0 unspecified atom stereocenters. The van der Waals surface area contributed by atoms with Crippen LogP contribution in [0.4, 0.5) is 0 Å². The van der Waals surface area contributed by atoms with Crippen LogP contribution in [0.3, 0.4) is 0 Å². The van der Waals surface area contributed by atoms with Gasteiger partial charge in [0.05, 0.1) is 24.8 Å². The zero-order valence-corrected chi connectivity index (χ0v) is 12.4. The molecule has 3 rings (SSSR count). The second-order valence-electron chi connectivity index (χ2n) is 4.72. The summed E-state index contributed by atoms with van der Waals surface area (Å²) in [4.78, 5) is 1.12. The number of nitriles is 1. The molecule has 0 atom stereocenters.